The first kappa shape index (κ1) is 11.3. The van der Waals surface area contributed by atoms with Crippen LogP contribution in [0, 0.1) is 0 Å². The molecule has 2 rings (SSSR count). The average Bonchev–Trinajstić information content (AvgIpc) is 2.12. The summed E-state index contributed by atoms with van der Waals surface area (Å²) in [5.41, 5.74) is 0.294. The third-order valence-corrected chi connectivity index (χ3v) is 3.79. The molecule has 15 heavy (non-hydrogen) atoms. The van der Waals surface area contributed by atoms with E-state index in [-0.39, 0.29) is 0 Å². The predicted molar refractivity (Wildman–Crippen MR) is 60.8 cm³/mol. The van der Waals surface area contributed by atoms with Crippen LogP contribution < -0.4 is 0 Å². The van der Waals surface area contributed by atoms with Gasteiger partial charge in [0, 0.05) is 37.8 Å². The monoisotopic (exact) mass is 214 g/mol. The Balaban J connectivity index is 1.77. The fraction of sp³-hybridized carbons (Fsp3) is 1.00. The second-order valence-electron chi connectivity index (χ2n) is 5.94. The maximum atomic E-state index is 12.7. The third-order valence-electron chi connectivity index (χ3n) is 3.79. The van der Waals surface area contributed by atoms with E-state index in [2.05, 4.69) is 30.6 Å². The lowest BCUT2D eigenvalue weighted by Crippen LogP contribution is -2.58. The Kier molecular flexibility index (Phi) is 3.04. The molecule has 2 aliphatic heterocycles. The lowest BCUT2D eigenvalue weighted by molar-refractivity contribution is -0.0113. The van der Waals surface area contributed by atoms with E-state index in [1.54, 1.807) is 0 Å². The lowest BCUT2D eigenvalue weighted by Gasteiger charge is -2.47. The van der Waals surface area contributed by atoms with Gasteiger partial charge in [-0.15, -0.1) is 0 Å². The highest BCUT2D eigenvalue weighted by molar-refractivity contribution is 4.90. The first-order valence-electron chi connectivity index (χ1n) is 6.10. The van der Waals surface area contributed by atoms with Crippen LogP contribution in [0.4, 0.5) is 4.39 Å². The van der Waals surface area contributed by atoms with Crippen molar-refractivity contribution in [2.24, 2.45) is 0 Å². The highest BCUT2D eigenvalue weighted by Gasteiger charge is 2.35. The van der Waals surface area contributed by atoms with Crippen LogP contribution in [0.2, 0.25) is 0 Å². The van der Waals surface area contributed by atoms with E-state index in [1.807, 2.05) is 0 Å². The fourth-order valence-electron chi connectivity index (χ4n) is 2.66. The summed E-state index contributed by atoms with van der Waals surface area (Å²) in [7, 11) is 0. The van der Waals surface area contributed by atoms with Crippen molar-refractivity contribution in [3.05, 3.63) is 0 Å². The van der Waals surface area contributed by atoms with Gasteiger partial charge < -0.3 is 0 Å². The number of piperidine rings is 1. The molecule has 0 aromatic rings. The van der Waals surface area contributed by atoms with E-state index < -0.39 is 6.17 Å². The molecule has 2 saturated heterocycles. The maximum Gasteiger partial charge on any atom is 0.125 e. The number of alkyl halides is 1. The summed E-state index contributed by atoms with van der Waals surface area (Å²) in [5.74, 6) is 0. The van der Waals surface area contributed by atoms with Crippen molar-refractivity contribution in [2.75, 3.05) is 26.2 Å². The van der Waals surface area contributed by atoms with E-state index in [0.29, 0.717) is 24.7 Å². The van der Waals surface area contributed by atoms with Gasteiger partial charge in [-0.25, -0.2) is 4.39 Å². The Morgan fingerprint density at radius 3 is 2.00 bits per heavy atom. The number of rotatable bonds is 1. The molecule has 2 fully saturated rings. The van der Waals surface area contributed by atoms with E-state index in [9.17, 15) is 4.39 Å². The summed E-state index contributed by atoms with van der Waals surface area (Å²) < 4.78 is 12.7. The van der Waals surface area contributed by atoms with Crippen LogP contribution in [0.5, 0.6) is 0 Å². The summed E-state index contributed by atoms with van der Waals surface area (Å²) >= 11 is 0. The Labute approximate surface area is 92.4 Å². The second kappa shape index (κ2) is 4.02. The number of nitrogens with zero attached hydrogens (tertiary/aromatic N) is 2. The molecular formula is C12H23FN2. The minimum atomic E-state index is -0.550. The first-order chi connectivity index (χ1) is 6.97. The molecule has 0 spiro atoms. The summed E-state index contributed by atoms with van der Waals surface area (Å²) in [6.45, 7) is 10.5. The number of likely N-dealkylation sites (tertiary alicyclic amines) is 2. The Hall–Kier alpha value is -0.150. The van der Waals surface area contributed by atoms with Gasteiger partial charge in [0.1, 0.15) is 6.17 Å². The standard InChI is InChI=1S/C12H23FN2/c1-12(2,3)15-6-4-11(5-7-15)14-8-10(13)9-14/h10-11H,4-9H2,1-3H3. The number of hydrogen-bond donors (Lipinski definition) is 0. The molecule has 3 heteroatoms. The zero-order valence-corrected chi connectivity index (χ0v) is 10.2. The van der Waals surface area contributed by atoms with E-state index in [4.69, 9.17) is 0 Å². The van der Waals surface area contributed by atoms with Gasteiger partial charge in [0.05, 0.1) is 0 Å². The topological polar surface area (TPSA) is 6.48 Å². The van der Waals surface area contributed by atoms with Crippen molar-refractivity contribution in [1.29, 1.82) is 0 Å². The van der Waals surface area contributed by atoms with Crippen molar-refractivity contribution >= 4 is 0 Å². The quantitative estimate of drug-likeness (QED) is 0.658. The molecule has 0 amide bonds. The van der Waals surface area contributed by atoms with Gasteiger partial charge in [-0.3, -0.25) is 9.80 Å². The van der Waals surface area contributed by atoms with E-state index >= 15 is 0 Å². The first-order valence-corrected chi connectivity index (χ1v) is 6.10. The van der Waals surface area contributed by atoms with Crippen LogP contribution in [0.25, 0.3) is 0 Å². The van der Waals surface area contributed by atoms with Crippen LogP contribution >= 0.6 is 0 Å². The summed E-state index contributed by atoms with van der Waals surface area (Å²) in [6.07, 6.45) is 1.87. The van der Waals surface area contributed by atoms with Crippen LogP contribution in [-0.2, 0) is 0 Å². The second-order valence-corrected chi connectivity index (χ2v) is 5.94. The van der Waals surface area contributed by atoms with Crippen molar-refractivity contribution in [1.82, 2.24) is 9.80 Å². The molecule has 2 aliphatic rings. The SMILES string of the molecule is CC(C)(C)N1CCC(N2CC(F)C2)CC1. The molecule has 0 saturated carbocycles. The van der Waals surface area contributed by atoms with Crippen LogP contribution in [-0.4, -0.2) is 53.7 Å². The van der Waals surface area contributed by atoms with E-state index in [1.165, 1.54) is 25.9 Å². The average molecular weight is 214 g/mol. The Morgan fingerprint density at radius 2 is 1.60 bits per heavy atom. The van der Waals surface area contributed by atoms with Gasteiger partial charge in [0.15, 0.2) is 0 Å². The van der Waals surface area contributed by atoms with E-state index in [0.717, 1.165) is 0 Å². The van der Waals surface area contributed by atoms with Gasteiger partial charge in [-0.1, -0.05) is 0 Å². The minimum absolute atomic E-state index is 0.294. The molecule has 0 bridgehead atoms. The molecule has 88 valence electrons. The molecule has 0 radical (unpaired) electrons. The number of hydrogen-bond acceptors (Lipinski definition) is 2. The minimum Gasteiger partial charge on any atom is -0.298 e. The predicted octanol–water partition coefficient (Wildman–Crippen LogP) is 1.90. The molecule has 0 atom stereocenters. The zero-order chi connectivity index (χ0) is 11.1. The largest absolute Gasteiger partial charge is 0.298 e. The highest BCUT2D eigenvalue weighted by atomic mass is 19.1. The molecule has 2 nitrogen and oxygen atoms in total. The molecule has 0 aromatic heterocycles. The highest BCUT2D eigenvalue weighted by Crippen LogP contribution is 2.26. The maximum absolute atomic E-state index is 12.7. The van der Waals surface area contributed by atoms with Crippen LogP contribution in [0.3, 0.4) is 0 Å². The van der Waals surface area contributed by atoms with Gasteiger partial charge >= 0.3 is 0 Å². The van der Waals surface area contributed by atoms with Gasteiger partial charge in [0.2, 0.25) is 0 Å². The van der Waals surface area contributed by atoms with Gasteiger partial charge in [-0.2, -0.15) is 0 Å². The summed E-state index contributed by atoms with van der Waals surface area (Å²) in [6, 6.07) is 0.649. The smallest absolute Gasteiger partial charge is 0.125 e. The van der Waals surface area contributed by atoms with Gasteiger partial charge in [0.25, 0.3) is 0 Å². The zero-order valence-electron chi connectivity index (χ0n) is 10.2. The normalized spacial score (nSPS) is 28.0. The molecule has 0 unspecified atom stereocenters. The lowest BCUT2D eigenvalue weighted by atomic mass is 9.95. The van der Waals surface area contributed by atoms with Crippen LogP contribution in [0.15, 0.2) is 0 Å². The summed E-state index contributed by atoms with van der Waals surface area (Å²) in [5, 5.41) is 0. The van der Waals surface area contributed by atoms with Crippen molar-refractivity contribution in [2.45, 2.75) is 51.4 Å². The van der Waals surface area contributed by atoms with Crippen LogP contribution in [0.1, 0.15) is 33.6 Å². The Bertz CT molecular complexity index is 210. The summed E-state index contributed by atoms with van der Waals surface area (Å²) in [4.78, 5) is 4.85. The van der Waals surface area contributed by atoms with Crippen molar-refractivity contribution in [3.8, 4) is 0 Å². The third kappa shape index (κ3) is 2.51. The molecule has 0 N–H and O–H groups in total. The van der Waals surface area contributed by atoms with Crippen molar-refractivity contribution < 1.29 is 4.39 Å². The van der Waals surface area contributed by atoms with Gasteiger partial charge in [-0.05, 0) is 33.6 Å². The fourth-order valence-corrected chi connectivity index (χ4v) is 2.66. The number of halogens is 1. The molecule has 0 aromatic carbocycles. The molecular weight excluding hydrogens is 191 g/mol. The molecule has 2 heterocycles. The Morgan fingerprint density at radius 1 is 1.07 bits per heavy atom. The van der Waals surface area contributed by atoms with Crippen molar-refractivity contribution in [3.63, 3.8) is 0 Å². The molecule has 0 aliphatic carbocycles.